The first-order valence-electron chi connectivity index (χ1n) is 6.26. The van der Waals surface area contributed by atoms with Crippen LogP contribution in [0.25, 0.3) is 0 Å². The van der Waals surface area contributed by atoms with E-state index in [0.717, 1.165) is 17.9 Å². The Hall–Kier alpha value is -1.49. The molecular formula is C13H22ClN5. The monoisotopic (exact) mass is 283 g/mol. The number of halogens is 1. The summed E-state index contributed by atoms with van der Waals surface area (Å²) >= 11 is 0. The van der Waals surface area contributed by atoms with Crippen molar-refractivity contribution in [3.05, 3.63) is 29.2 Å². The first kappa shape index (κ1) is 15.6. The summed E-state index contributed by atoms with van der Waals surface area (Å²) in [7, 11) is 1.94. The molecule has 0 aliphatic carbocycles. The second kappa shape index (κ2) is 6.10. The van der Waals surface area contributed by atoms with Gasteiger partial charge in [-0.05, 0) is 27.7 Å². The lowest BCUT2D eigenvalue weighted by atomic mass is 10.2. The van der Waals surface area contributed by atoms with Gasteiger partial charge in [-0.2, -0.15) is 10.2 Å². The molecule has 0 fully saturated rings. The zero-order valence-electron chi connectivity index (χ0n) is 12.1. The van der Waals surface area contributed by atoms with Gasteiger partial charge in [0, 0.05) is 36.5 Å². The van der Waals surface area contributed by atoms with Crippen LogP contribution in [0.2, 0.25) is 0 Å². The number of hydrogen-bond acceptors (Lipinski definition) is 3. The van der Waals surface area contributed by atoms with Crippen LogP contribution in [0.15, 0.2) is 12.4 Å². The van der Waals surface area contributed by atoms with Crippen molar-refractivity contribution >= 4 is 18.2 Å². The number of aryl methyl sites for hydroxylation is 2. The molecule has 0 amide bonds. The van der Waals surface area contributed by atoms with Gasteiger partial charge in [-0.25, -0.2) is 0 Å². The van der Waals surface area contributed by atoms with Crippen molar-refractivity contribution in [1.82, 2.24) is 19.6 Å². The standard InChI is InChI=1S/C13H21N5.ClH/c1-9(2)18-11(4)12(8-16-18)7-14-13-10(3)6-15-17(13)5;/h6,8-9,14H,7H2,1-5H3;1H. The zero-order valence-corrected chi connectivity index (χ0v) is 13.0. The van der Waals surface area contributed by atoms with Crippen LogP contribution in [-0.4, -0.2) is 19.6 Å². The Morgan fingerprint density at radius 3 is 2.37 bits per heavy atom. The van der Waals surface area contributed by atoms with E-state index in [1.54, 1.807) is 0 Å². The molecule has 0 bridgehead atoms. The van der Waals surface area contributed by atoms with Crippen molar-refractivity contribution in [3.8, 4) is 0 Å². The van der Waals surface area contributed by atoms with Gasteiger partial charge in [-0.15, -0.1) is 12.4 Å². The molecule has 2 aromatic rings. The molecular weight excluding hydrogens is 262 g/mol. The molecule has 0 spiro atoms. The van der Waals surface area contributed by atoms with Crippen LogP contribution in [-0.2, 0) is 13.6 Å². The zero-order chi connectivity index (χ0) is 13.3. The Bertz CT molecular complexity index is 522. The van der Waals surface area contributed by atoms with E-state index in [1.165, 1.54) is 11.3 Å². The summed E-state index contributed by atoms with van der Waals surface area (Å²) in [5.74, 6) is 1.06. The van der Waals surface area contributed by atoms with E-state index in [9.17, 15) is 0 Å². The molecule has 0 unspecified atom stereocenters. The average Bonchev–Trinajstić information content (AvgIpc) is 2.82. The minimum absolute atomic E-state index is 0. The van der Waals surface area contributed by atoms with E-state index >= 15 is 0 Å². The first-order valence-corrected chi connectivity index (χ1v) is 6.26. The molecule has 5 nitrogen and oxygen atoms in total. The topological polar surface area (TPSA) is 47.7 Å². The summed E-state index contributed by atoms with van der Waals surface area (Å²) in [4.78, 5) is 0. The molecule has 0 saturated carbocycles. The van der Waals surface area contributed by atoms with Gasteiger partial charge in [-0.1, -0.05) is 0 Å². The quantitative estimate of drug-likeness (QED) is 0.939. The van der Waals surface area contributed by atoms with Crippen LogP contribution in [0.1, 0.15) is 36.7 Å². The third kappa shape index (κ3) is 3.10. The predicted octanol–water partition coefficient (Wildman–Crippen LogP) is 2.85. The van der Waals surface area contributed by atoms with Gasteiger partial charge in [0.2, 0.25) is 0 Å². The highest BCUT2D eigenvalue weighted by atomic mass is 35.5. The van der Waals surface area contributed by atoms with Crippen molar-refractivity contribution in [1.29, 1.82) is 0 Å². The fraction of sp³-hybridized carbons (Fsp3) is 0.538. The summed E-state index contributed by atoms with van der Waals surface area (Å²) in [5, 5.41) is 12.0. The second-order valence-corrected chi connectivity index (χ2v) is 4.95. The highest BCUT2D eigenvalue weighted by molar-refractivity contribution is 5.85. The molecule has 6 heteroatoms. The van der Waals surface area contributed by atoms with Crippen LogP contribution in [0.3, 0.4) is 0 Å². The molecule has 19 heavy (non-hydrogen) atoms. The van der Waals surface area contributed by atoms with Crippen molar-refractivity contribution in [2.75, 3.05) is 5.32 Å². The molecule has 2 rings (SSSR count). The SMILES string of the molecule is Cc1cnn(C)c1NCc1cnn(C(C)C)c1C.Cl. The van der Waals surface area contributed by atoms with E-state index in [1.807, 2.05) is 28.8 Å². The molecule has 0 aliphatic rings. The number of nitrogens with one attached hydrogen (secondary N) is 1. The maximum absolute atomic E-state index is 4.41. The normalized spacial score (nSPS) is 10.6. The van der Waals surface area contributed by atoms with E-state index in [0.29, 0.717) is 6.04 Å². The van der Waals surface area contributed by atoms with E-state index < -0.39 is 0 Å². The Kier molecular flexibility index (Phi) is 5.00. The van der Waals surface area contributed by atoms with E-state index in [-0.39, 0.29) is 12.4 Å². The molecule has 0 atom stereocenters. The molecule has 2 aromatic heterocycles. The lowest BCUT2D eigenvalue weighted by Gasteiger charge is -2.10. The van der Waals surface area contributed by atoms with Gasteiger partial charge in [0.05, 0.1) is 12.4 Å². The Morgan fingerprint density at radius 2 is 1.89 bits per heavy atom. The Labute approximate surface area is 120 Å². The van der Waals surface area contributed by atoms with Crippen molar-refractivity contribution in [2.45, 2.75) is 40.3 Å². The summed E-state index contributed by atoms with van der Waals surface area (Å²) in [6, 6.07) is 0.400. The molecule has 0 aromatic carbocycles. The van der Waals surface area contributed by atoms with Crippen molar-refractivity contribution in [2.24, 2.45) is 7.05 Å². The Balaban J connectivity index is 0.00000180. The smallest absolute Gasteiger partial charge is 0.127 e. The fourth-order valence-corrected chi connectivity index (χ4v) is 2.13. The molecule has 106 valence electrons. The third-order valence-electron chi connectivity index (χ3n) is 3.20. The number of nitrogens with zero attached hydrogens (tertiary/aromatic N) is 4. The van der Waals surface area contributed by atoms with E-state index in [2.05, 4.69) is 43.2 Å². The van der Waals surface area contributed by atoms with Crippen LogP contribution >= 0.6 is 12.4 Å². The second-order valence-electron chi connectivity index (χ2n) is 4.95. The third-order valence-corrected chi connectivity index (χ3v) is 3.20. The van der Waals surface area contributed by atoms with Gasteiger partial charge in [0.1, 0.15) is 5.82 Å². The van der Waals surface area contributed by atoms with Gasteiger partial charge in [-0.3, -0.25) is 9.36 Å². The summed E-state index contributed by atoms with van der Waals surface area (Å²) in [6.45, 7) is 9.23. The van der Waals surface area contributed by atoms with E-state index in [4.69, 9.17) is 0 Å². The van der Waals surface area contributed by atoms with Crippen molar-refractivity contribution in [3.63, 3.8) is 0 Å². The van der Waals surface area contributed by atoms with Crippen LogP contribution in [0.5, 0.6) is 0 Å². The highest BCUT2D eigenvalue weighted by Crippen LogP contribution is 2.16. The van der Waals surface area contributed by atoms with Crippen LogP contribution in [0.4, 0.5) is 5.82 Å². The minimum atomic E-state index is 0. The number of hydrogen-bond donors (Lipinski definition) is 1. The minimum Gasteiger partial charge on any atom is -0.366 e. The summed E-state index contributed by atoms with van der Waals surface area (Å²) in [6.07, 6.45) is 3.81. The average molecular weight is 284 g/mol. The molecule has 2 heterocycles. The first-order chi connectivity index (χ1) is 8.50. The van der Waals surface area contributed by atoms with Gasteiger partial charge in [0.15, 0.2) is 0 Å². The fourth-order valence-electron chi connectivity index (χ4n) is 2.13. The van der Waals surface area contributed by atoms with Gasteiger partial charge >= 0.3 is 0 Å². The van der Waals surface area contributed by atoms with Gasteiger partial charge < -0.3 is 5.32 Å². The maximum atomic E-state index is 4.41. The Morgan fingerprint density at radius 1 is 1.21 bits per heavy atom. The molecule has 1 N–H and O–H groups in total. The van der Waals surface area contributed by atoms with Crippen LogP contribution in [0, 0.1) is 13.8 Å². The number of anilines is 1. The lowest BCUT2D eigenvalue weighted by Crippen LogP contribution is -2.08. The van der Waals surface area contributed by atoms with Gasteiger partial charge in [0.25, 0.3) is 0 Å². The van der Waals surface area contributed by atoms with Crippen molar-refractivity contribution < 1.29 is 0 Å². The predicted molar refractivity (Wildman–Crippen MR) is 79.9 cm³/mol. The van der Waals surface area contributed by atoms with Crippen LogP contribution < -0.4 is 5.32 Å². The molecule has 0 saturated heterocycles. The molecule has 0 radical (unpaired) electrons. The maximum Gasteiger partial charge on any atom is 0.127 e. The number of aromatic nitrogens is 4. The largest absolute Gasteiger partial charge is 0.366 e. The highest BCUT2D eigenvalue weighted by Gasteiger charge is 2.10. The molecule has 0 aliphatic heterocycles. The lowest BCUT2D eigenvalue weighted by molar-refractivity contribution is 0.518. The number of rotatable bonds is 4. The summed E-state index contributed by atoms with van der Waals surface area (Å²) < 4.78 is 3.91. The summed E-state index contributed by atoms with van der Waals surface area (Å²) in [5.41, 5.74) is 3.60.